The predicted octanol–water partition coefficient (Wildman–Crippen LogP) is 3.73. The number of carbonyl (C=O) groups excluding carboxylic acids is 2. The largest absolute Gasteiger partial charge is 0.489 e. The van der Waals surface area contributed by atoms with Crippen LogP contribution in [0.3, 0.4) is 0 Å². The Hall–Kier alpha value is -4.40. The van der Waals surface area contributed by atoms with E-state index in [0.717, 1.165) is 16.9 Å². The molecule has 0 saturated heterocycles. The average molecular weight is 432 g/mol. The van der Waals surface area contributed by atoms with Gasteiger partial charge in [0.15, 0.2) is 11.4 Å². The summed E-state index contributed by atoms with van der Waals surface area (Å²) in [6.45, 7) is 2.45. The molecule has 0 fully saturated rings. The number of anilines is 1. The fraction of sp³-hybridized carbons (Fsp3) is 0.130. The van der Waals surface area contributed by atoms with Crippen LogP contribution >= 0.6 is 0 Å². The molecule has 4 aromatic rings. The Balaban J connectivity index is 1.26. The van der Waals surface area contributed by atoms with E-state index in [1.54, 1.807) is 6.92 Å². The van der Waals surface area contributed by atoms with Crippen LogP contribution in [-0.2, 0) is 13.2 Å². The first-order valence-electron chi connectivity index (χ1n) is 9.81. The van der Waals surface area contributed by atoms with Crippen LogP contribution in [-0.4, -0.2) is 22.0 Å². The summed E-state index contributed by atoms with van der Waals surface area (Å²) in [5.74, 6) is 0.252. The summed E-state index contributed by atoms with van der Waals surface area (Å²) in [6.07, 6.45) is 1.17. The second-order valence-electron chi connectivity index (χ2n) is 6.92. The highest BCUT2D eigenvalue weighted by atomic mass is 16.5. The summed E-state index contributed by atoms with van der Waals surface area (Å²) in [5, 5.41) is 8.77. The van der Waals surface area contributed by atoms with Crippen molar-refractivity contribution in [2.75, 3.05) is 5.32 Å². The molecule has 9 heteroatoms. The van der Waals surface area contributed by atoms with Gasteiger partial charge in [-0.3, -0.25) is 14.9 Å². The van der Waals surface area contributed by atoms with Crippen molar-refractivity contribution >= 4 is 17.8 Å². The van der Waals surface area contributed by atoms with Crippen LogP contribution < -0.4 is 15.4 Å². The molecule has 2 amide bonds. The van der Waals surface area contributed by atoms with Crippen molar-refractivity contribution in [3.8, 4) is 5.75 Å². The first-order chi connectivity index (χ1) is 15.6. The van der Waals surface area contributed by atoms with Crippen LogP contribution in [0.4, 0.5) is 6.01 Å². The molecule has 32 heavy (non-hydrogen) atoms. The van der Waals surface area contributed by atoms with Gasteiger partial charge in [0, 0.05) is 12.6 Å². The van der Waals surface area contributed by atoms with Crippen LogP contribution in [0.2, 0.25) is 0 Å². The molecular formula is C23H20N4O5. The van der Waals surface area contributed by atoms with Gasteiger partial charge in [0.05, 0.1) is 0 Å². The third kappa shape index (κ3) is 5.39. The van der Waals surface area contributed by atoms with E-state index < -0.39 is 11.8 Å². The van der Waals surface area contributed by atoms with Crippen LogP contribution in [0.1, 0.15) is 37.9 Å². The van der Waals surface area contributed by atoms with Gasteiger partial charge in [-0.25, -0.2) is 0 Å². The van der Waals surface area contributed by atoms with Gasteiger partial charge in [-0.05, 0) is 30.2 Å². The summed E-state index contributed by atoms with van der Waals surface area (Å²) in [7, 11) is 0. The molecular weight excluding hydrogens is 412 g/mol. The Morgan fingerprint density at radius 2 is 1.75 bits per heavy atom. The van der Waals surface area contributed by atoms with E-state index in [4.69, 9.17) is 13.7 Å². The molecule has 0 aliphatic rings. The summed E-state index contributed by atoms with van der Waals surface area (Å²) in [6, 6.07) is 18.7. The Morgan fingerprint density at radius 1 is 0.969 bits per heavy atom. The quantitative estimate of drug-likeness (QED) is 0.435. The number of aromatic nitrogens is 2. The number of benzene rings is 2. The maximum Gasteiger partial charge on any atom is 0.302 e. The second-order valence-corrected chi connectivity index (χ2v) is 6.92. The van der Waals surface area contributed by atoms with Crippen molar-refractivity contribution in [3.63, 3.8) is 0 Å². The van der Waals surface area contributed by atoms with Crippen LogP contribution in [0, 0.1) is 6.92 Å². The molecule has 9 nitrogen and oxygen atoms in total. The number of oxazole rings is 1. The molecule has 0 aliphatic carbocycles. The zero-order valence-electron chi connectivity index (χ0n) is 17.2. The molecule has 2 N–H and O–H groups in total. The minimum absolute atomic E-state index is 0.0412. The molecule has 0 unspecified atom stereocenters. The molecule has 0 bridgehead atoms. The average Bonchev–Trinajstić information content (AvgIpc) is 3.46. The van der Waals surface area contributed by atoms with E-state index >= 15 is 0 Å². The van der Waals surface area contributed by atoms with Gasteiger partial charge in [0.2, 0.25) is 0 Å². The summed E-state index contributed by atoms with van der Waals surface area (Å²) in [5.41, 5.74) is 2.11. The molecule has 0 aliphatic heterocycles. The third-order valence-corrected chi connectivity index (χ3v) is 4.44. The van der Waals surface area contributed by atoms with Crippen LogP contribution in [0.5, 0.6) is 5.75 Å². The minimum atomic E-state index is -0.551. The van der Waals surface area contributed by atoms with E-state index in [1.165, 1.54) is 12.3 Å². The number of rotatable bonds is 8. The van der Waals surface area contributed by atoms with E-state index in [-0.39, 0.29) is 17.4 Å². The lowest BCUT2D eigenvalue weighted by molar-refractivity contribution is 0.0944. The minimum Gasteiger partial charge on any atom is -0.489 e. The molecule has 4 rings (SSSR count). The zero-order valence-corrected chi connectivity index (χ0v) is 17.2. The first kappa shape index (κ1) is 20.9. The number of aryl methyl sites for hydroxylation is 1. The van der Waals surface area contributed by atoms with Crippen LogP contribution in [0.25, 0.3) is 0 Å². The number of nitrogens with one attached hydrogen (secondary N) is 2. The fourth-order valence-corrected chi connectivity index (χ4v) is 2.79. The molecule has 2 aromatic carbocycles. The van der Waals surface area contributed by atoms with E-state index in [9.17, 15) is 9.59 Å². The zero-order chi connectivity index (χ0) is 22.3. The highest BCUT2D eigenvalue weighted by Crippen LogP contribution is 2.15. The summed E-state index contributed by atoms with van der Waals surface area (Å²) >= 11 is 0. The third-order valence-electron chi connectivity index (χ3n) is 4.44. The lowest BCUT2D eigenvalue weighted by Crippen LogP contribution is -2.23. The van der Waals surface area contributed by atoms with Crippen molar-refractivity contribution in [1.29, 1.82) is 0 Å². The van der Waals surface area contributed by atoms with E-state index in [0.29, 0.717) is 18.9 Å². The predicted molar refractivity (Wildman–Crippen MR) is 114 cm³/mol. The molecule has 162 valence electrons. The molecule has 0 radical (unpaired) electrons. The Morgan fingerprint density at radius 3 is 2.47 bits per heavy atom. The van der Waals surface area contributed by atoms with Crippen molar-refractivity contribution in [2.24, 2.45) is 0 Å². The highest BCUT2D eigenvalue weighted by Gasteiger charge is 2.16. The van der Waals surface area contributed by atoms with E-state index in [2.05, 4.69) is 20.8 Å². The van der Waals surface area contributed by atoms with Gasteiger partial charge >= 0.3 is 6.01 Å². The molecule has 0 atom stereocenters. The topological polar surface area (TPSA) is 119 Å². The summed E-state index contributed by atoms with van der Waals surface area (Å²) in [4.78, 5) is 28.3. The Labute approximate surface area is 183 Å². The lowest BCUT2D eigenvalue weighted by atomic mass is 10.2. The Kier molecular flexibility index (Phi) is 6.26. The maximum absolute atomic E-state index is 12.3. The first-order valence-corrected chi connectivity index (χ1v) is 9.81. The lowest BCUT2D eigenvalue weighted by Gasteiger charge is -2.08. The van der Waals surface area contributed by atoms with Crippen molar-refractivity contribution in [3.05, 3.63) is 95.2 Å². The van der Waals surface area contributed by atoms with Crippen molar-refractivity contribution in [2.45, 2.75) is 20.1 Å². The van der Waals surface area contributed by atoms with E-state index in [1.807, 2.05) is 54.6 Å². The molecule has 2 aromatic heterocycles. The monoisotopic (exact) mass is 432 g/mol. The van der Waals surface area contributed by atoms with Crippen molar-refractivity contribution in [1.82, 2.24) is 15.5 Å². The second kappa shape index (κ2) is 9.61. The standard InChI is InChI=1S/C23H20N4O5/c1-15-11-19(27-32-15)22(29)26-23-25-20(14-31-23)21(28)24-12-16-7-9-18(10-8-16)30-13-17-5-3-2-4-6-17/h2-11,14H,12-13H2,1H3,(H,24,28)(H,25,26,29). The van der Waals surface area contributed by atoms with Gasteiger partial charge in [-0.2, -0.15) is 4.98 Å². The van der Waals surface area contributed by atoms with Gasteiger partial charge in [-0.15, -0.1) is 0 Å². The number of amides is 2. The molecule has 0 saturated carbocycles. The summed E-state index contributed by atoms with van der Waals surface area (Å²) < 4.78 is 15.7. The number of carbonyl (C=O) groups is 2. The highest BCUT2D eigenvalue weighted by molar-refractivity contribution is 6.02. The molecule has 2 heterocycles. The number of nitrogens with zero attached hydrogens (tertiary/aromatic N) is 2. The Bertz CT molecular complexity index is 1200. The van der Waals surface area contributed by atoms with Gasteiger partial charge in [0.25, 0.3) is 11.8 Å². The number of hydrogen-bond acceptors (Lipinski definition) is 7. The number of ether oxygens (including phenoxy) is 1. The number of hydrogen-bond donors (Lipinski definition) is 2. The van der Waals surface area contributed by atoms with Crippen molar-refractivity contribution < 1.29 is 23.3 Å². The smallest absolute Gasteiger partial charge is 0.302 e. The fourth-order valence-electron chi connectivity index (χ4n) is 2.79. The normalized spacial score (nSPS) is 10.5. The maximum atomic E-state index is 12.3. The van der Waals surface area contributed by atoms with Crippen LogP contribution in [0.15, 0.2) is 75.9 Å². The van der Waals surface area contributed by atoms with Gasteiger partial charge < -0.3 is 19.0 Å². The SMILES string of the molecule is Cc1cc(C(=O)Nc2nc(C(=O)NCc3ccc(OCc4ccccc4)cc3)co2)no1. The van der Waals surface area contributed by atoms with Gasteiger partial charge in [0.1, 0.15) is 24.4 Å². The molecule has 0 spiro atoms. The van der Waals surface area contributed by atoms with Gasteiger partial charge in [-0.1, -0.05) is 47.6 Å².